The number of fused-ring (bicyclic) bond motifs is 2. The number of pyridine rings is 1. The number of amides is 2. The first-order valence-electron chi connectivity index (χ1n) is 15.1. The van der Waals surface area contributed by atoms with Gasteiger partial charge in [0.05, 0.1) is 40.8 Å². The number of nitrogens with one attached hydrogen (secondary N) is 1. The van der Waals surface area contributed by atoms with Crippen LogP contribution in [0, 0.1) is 23.4 Å². The van der Waals surface area contributed by atoms with Gasteiger partial charge in [-0.15, -0.1) is 0 Å². The van der Waals surface area contributed by atoms with E-state index in [-0.39, 0.29) is 35.9 Å². The average Bonchev–Trinajstić information content (AvgIpc) is 3.50. The Hall–Kier alpha value is -4.50. The van der Waals surface area contributed by atoms with E-state index < -0.39 is 23.1 Å². The molecule has 9 heteroatoms. The Morgan fingerprint density at radius 2 is 1.76 bits per heavy atom. The number of hydrogen-bond acceptors (Lipinski definition) is 4. The molecule has 1 aliphatic carbocycles. The number of ether oxygens (including phenoxy) is 1. The van der Waals surface area contributed by atoms with Crippen LogP contribution in [0.1, 0.15) is 87.7 Å². The third kappa shape index (κ3) is 5.84. The Morgan fingerprint density at radius 3 is 2.44 bits per heavy atom. The van der Waals surface area contributed by atoms with Gasteiger partial charge in [0, 0.05) is 12.0 Å². The van der Waals surface area contributed by atoms with Crippen LogP contribution in [0.15, 0.2) is 60.7 Å². The lowest BCUT2D eigenvalue weighted by Crippen LogP contribution is -2.39. The SMILES string of the molecule is CC(C)Cc1nc2c(c(-c3ccc4c(c3)CC[C@@H]4OCc3ccc(F)c(F)c3)c1C(N)=O)C(=O)N[C@@]2(C)Cc1ccc(F)cc1. The van der Waals surface area contributed by atoms with Gasteiger partial charge in [-0.3, -0.25) is 14.6 Å². The molecule has 0 radical (unpaired) electrons. The summed E-state index contributed by atoms with van der Waals surface area (Å²) in [4.78, 5) is 31.8. The van der Waals surface area contributed by atoms with Gasteiger partial charge in [-0.2, -0.15) is 0 Å². The molecule has 45 heavy (non-hydrogen) atoms. The molecule has 0 spiro atoms. The smallest absolute Gasteiger partial charge is 0.254 e. The van der Waals surface area contributed by atoms with Crippen molar-refractivity contribution in [2.75, 3.05) is 0 Å². The lowest BCUT2D eigenvalue weighted by atomic mass is 9.84. The van der Waals surface area contributed by atoms with Gasteiger partial charge >= 0.3 is 0 Å². The maximum atomic E-state index is 13.7. The highest BCUT2D eigenvalue weighted by Gasteiger charge is 2.44. The molecular formula is C36H34F3N3O3. The van der Waals surface area contributed by atoms with Gasteiger partial charge in [-0.1, -0.05) is 50.2 Å². The molecule has 232 valence electrons. The van der Waals surface area contributed by atoms with Crippen molar-refractivity contribution in [3.05, 3.63) is 123 Å². The van der Waals surface area contributed by atoms with Crippen molar-refractivity contribution in [2.24, 2.45) is 11.7 Å². The number of nitrogens with two attached hydrogens (primary N) is 1. The fraction of sp³-hybridized carbons (Fsp3) is 0.306. The van der Waals surface area contributed by atoms with Crippen LogP contribution < -0.4 is 11.1 Å². The molecule has 2 heterocycles. The third-order valence-corrected chi connectivity index (χ3v) is 8.62. The van der Waals surface area contributed by atoms with E-state index in [9.17, 15) is 22.8 Å². The van der Waals surface area contributed by atoms with E-state index >= 15 is 0 Å². The van der Waals surface area contributed by atoms with E-state index in [4.69, 9.17) is 15.5 Å². The van der Waals surface area contributed by atoms with Gasteiger partial charge in [-0.25, -0.2) is 13.2 Å². The van der Waals surface area contributed by atoms with Gasteiger partial charge < -0.3 is 15.8 Å². The predicted octanol–water partition coefficient (Wildman–Crippen LogP) is 6.87. The van der Waals surface area contributed by atoms with Crippen LogP contribution in [0.2, 0.25) is 0 Å². The Morgan fingerprint density at radius 1 is 1.02 bits per heavy atom. The first-order chi connectivity index (χ1) is 21.4. The van der Waals surface area contributed by atoms with Gasteiger partial charge in [-0.05, 0) is 84.2 Å². The lowest BCUT2D eigenvalue weighted by molar-refractivity contribution is 0.0409. The van der Waals surface area contributed by atoms with E-state index in [0.29, 0.717) is 59.3 Å². The molecule has 0 fully saturated rings. The molecule has 6 nitrogen and oxygen atoms in total. The largest absolute Gasteiger partial charge is 0.369 e. The van der Waals surface area contributed by atoms with E-state index in [1.165, 1.54) is 18.2 Å². The molecular weight excluding hydrogens is 579 g/mol. The Bertz CT molecular complexity index is 1820. The Labute approximate surface area is 259 Å². The minimum atomic E-state index is -0.919. The number of aryl methyl sites for hydroxylation is 1. The molecule has 4 aromatic rings. The molecule has 1 aliphatic heterocycles. The summed E-state index contributed by atoms with van der Waals surface area (Å²) in [6.45, 7) is 6.06. The zero-order valence-corrected chi connectivity index (χ0v) is 25.3. The highest BCUT2D eigenvalue weighted by molar-refractivity contribution is 6.12. The summed E-state index contributed by atoms with van der Waals surface area (Å²) in [5, 5.41) is 3.10. The maximum absolute atomic E-state index is 13.7. The third-order valence-electron chi connectivity index (χ3n) is 8.62. The Kier molecular flexibility index (Phi) is 7.99. The summed E-state index contributed by atoms with van der Waals surface area (Å²) in [5.41, 5.74) is 11.1. The summed E-state index contributed by atoms with van der Waals surface area (Å²) in [7, 11) is 0. The number of carbonyl (C=O) groups is 2. The number of halogens is 3. The second kappa shape index (κ2) is 11.8. The molecule has 3 aromatic carbocycles. The lowest BCUT2D eigenvalue weighted by Gasteiger charge is -2.26. The van der Waals surface area contributed by atoms with Crippen molar-refractivity contribution in [1.29, 1.82) is 0 Å². The number of carbonyl (C=O) groups excluding carboxylic acids is 2. The predicted molar refractivity (Wildman–Crippen MR) is 164 cm³/mol. The number of nitrogens with zero attached hydrogens (tertiary/aromatic N) is 1. The van der Waals surface area contributed by atoms with Crippen molar-refractivity contribution in [3.63, 3.8) is 0 Å². The fourth-order valence-electron chi connectivity index (χ4n) is 6.59. The average molecular weight is 614 g/mol. The normalized spacial score (nSPS) is 18.6. The first-order valence-corrected chi connectivity index (χ1v) is 15.1. The van der Waals surface area contributed by atoms with Gasteiger partial charge in [0.15, 0.2) is 11.6 Å². The number of benzene rings is 3. The number of primary amides is 1. The molecule has 2 aliphatic rings. The van der Waals surface area contributed by atoms with Crippen LogP contribution in [0.3, 0.4) is 0 Å². The molecule has 3 N–H and O–H groups in total. The summed E-state index contributed by atoms with van der Waals surface area (Å²) < 4.78 is 46.8. The van der Waals surface area contributed by atoms with Crippen molar-refractivity contribution in [3.8, 4) is 11.1 Å². The number of rotatable bonds is 9. The van der Waals surface area contributed by atoms with Crippen LogP contribution >= 0.6 is 0 Å². The van der Waals surface area contributed by atoms with Crippen molar-refractivity contribution in [1.82, 2.24) is 10.3 Å². The summed E-state index contributed by atoms with van der Waals surface area (Å²) in [6, 6.07) is 15.6. The minimum Gasteiger partial charge on any atom is -0.369 e. The van der Waals surface area contributed by atoms with Crippen LogP contribution in [-0.2, 0) is 36.1 Å². The molecule has 0 unspecified atom stereocenters. The highest BCUT2D eigenvalue weighted by Crippen LogP contribution is 2.43. The van der Waals surface area contributed by atoms with Gasteiger partial charge in [0.25, 0.3) is 11.8 Å². The van der Waals surface area contributed by atoms with Crippen LogP contribution in [-0.4, -0.2) is 16.8 Å². The topological polar surface area (TPSA) is 94.3 Å². The van der Waals surface area contributed by atoms with Gasteiger partial charge in [0.1, 0.15) is 5.82 Å². The zero-order chi connectivity index (χ0) is 32.0. The number of aromatic nitrogens is 1. The second-order valence-corrected chi connectivity index (χ2v) is 12.6. The van der Waals surface area contributed by atoms with Crippen molar-refractivity contribution >= 4 is 11.8 Å². The van der Waals surface area contributed by atoms with Gasteiger partial charge in [0.2, 0.25) is 0 Å². The molecule has 6 rings (SSSR count). The molecule has 0 saturated heterocycles. The molecule has 2 atom stereocenters. The van der Waals surface area contributed by atoms with E-state index in [2.05, 4.69) is 5.32 Å². The molecule has 0 saturated carbocycles. The Balaban J connectivity index is 1.41. The highest BCUT2D eigenvalue weighted by atomic mass is 19.2. The van der Waals surface area contributed by atoms with Crippen LogP contribution in [0.5, 0.6) is 0 Å². The summed E-state index contributed by atoms with van der Waals surface area (Å²) >= 11 is 0. The molecule has 0 bridgehead atoms. The first kappa shape index (κ1) is 30.5. The van der Waals surface area contributed by atoms with Crippen LogP contribution in [0.4, 0.5) is 13.2 Å². The molecule has 2 amide bonds. The summed E-state index contributed by atoms with van der Waals surface area (Å²) in [5.74, 6) is -3.04. The fourth-order valence-corrected chi connectivity index (χ4v) is 6.59. The monoisotopic (exact) mass is 613 g/mol. The quantitative estimate of drug-likeness (QED) is 0.216. The maximum Gasteiger partial charge on any atom is 0.254 e. The van der Waals surface area contributed by atoms with Crippen molar-refractivity contribution in [2.45, 2.75) is 64.7 Å². The van der Waals surface area contributed by atoms with E-state index in [1.807, 2.05) is 39.0 Å². The standard InChI is InChI=1S/C36H34F3N3O3/c1-19(2)14-28-31(34(40)43)30(32-33(41-28)36(3,42-35(32)44)17-20-4-9-24(37)10-5-20)23-7-11-25-22(16-23)8-13-29(25)45-18-21-6-12-26(38)27(39)15-21/h4-7,9-12,15-16,19,29H,8,13-14,17-18H2,1-3H3,(H2,40,43)(H,42,44)/t29-,36-/m0/s1. The zero-order valence-electron chi connectivity index (χ0n) is 25.3. The second-order valence-electron chi connectivity index (χ2n) is 12.6. The van der Waals surface area contributed by atoms with Crippen LogP contribution in [0.25, 0.3) is 11.1 Å². The molecule has 1 aromatic heterocycles. The summed E-state index contributed by atoms with van der Waals surface area (Å²) in [6.07, 6.45) is 1.98. The van der Waals surface area contributed by atoms with E-state index in [1.54, 1.807) is 12.1 Å². The van der Waals surface area contributed by atoms with Crippen molar-refractivity contribution < 1.29 is 27.5 Å². The minimum absolute atomic E-state index is 0.123. The number of hydrogen-bond donors (Lipinski definition) is 2. The van der Waals surface area contributed by atoms with E-state index in [0.717, 1.165) is 28.8 Å².